The van der Waals surface area contributed by atoms with E-state index in [-0.39, 0.29) is 29.2 Å². The smallest absolute Gasteiger partial charge is 0.233 e. The Morgan fingerprint density at radius 3 is 2.06 bits per heavy atom. The SMILES string of the molecule is CC1(N2C(=O)C3CCCCC3C2=O)CCNCC1. The first-order valence-electron chi connectivity index (χ1n) is 7.22. The van der Waals surface area contributed by atoms with E-state index in [1.165, 1.54) is 0 Å². The summed E-state index contributed by atoms with van der Waals surface area (Å²) in [5.74, 6) is 0.235. The Labute approximate surface area is 108 Å². The number of likely N-dealkylation sites (tertiary alicyclic amines) is 1. The molecule has 2 atom stereocenters. The zero-order valence-corrected chi connectivity index (χ0v) is 11.1. The summed E-state index contributed by atoms with van der Waals surface area (Å²) in [6, 6.07) is 0. The number of carbonyl (C=O) groups excluding carboxylic acids is 2. The van der Waals surface area contributed by atoms with Crippen molar-refractivity contribution in [3.05, 3.63) is 0 Å². The first-order chi connectivity index (χ1) is 8.63. The Balaban J connectivity index is 1.87. The fourth-order valence-electron chi connectivity index (χ4n) is 3.88. The molecule has 0 aromatic heterocycles. The van der Waals surface area contributed by atoms with Crippen molar-refractivity contribution in [3.63, 3.8) is 0 Å². The fourth-order valence-corrected chi connectivity index (χ4v) is 3.88. The van der Waals surface area contributed by atoms with Crippen LogP contribution in [0.2, 0.25) is 0 Å². The predicted molar refractivity (Wildman–Crippen MR) is 67.8 cm³/mol. The van der Waals surface area contributed by atoms with Crippen LogP contribution in [-0.4, -0.2) is 35.3 Å². The maximum atomic E-state index is 12.5. The van der Waals surface area contributed by atoms with Crippen LogP contribution >= 0.6 is 0 Å². The van der Waals surface area contributed by atoms with Gasteiger partial charge in [-0.2, -0.15) is 0 Å². The first-order valence-corrected chi connectivity index (χ1v) is 7.22. The van der Waals surface area contributed by atoms with Gasteiger partial charge in [-0.05, 0) is 45.7 Å². The molecule has 2 saturated heterocycles. The highest BCUT2D eigenvalue weighted by Crippen LogP contribution is 2.42. The standard InChI is InChI=1S/C14H22N2O2/c1-14(6-8-15-9-7-14)16-12(17)10-4-2-3-5-11(10)13(16)18/h10-11,15H,2-9H2,1H3. The molecule has 0 bridgehead atoms. The second-order valence-electron chi connectivity index (χ2n) is 6.26. The van der Waals surface area contributed by atoms with Crippen LogP contribution in [0.25, 0.3) is 0 Å². The summed E-state index contributed by atoms with van der Waals surface area (Å²) in [6.45, 7) is 3.90. The number of carbonyl (C=O) groups is 2. The second-order valence-corrected chi connectivity index (χ2v) is 6.26. The second kappa shape index (κ2) is 4.34. The fraction of sp³-hybridized carbons (Fsp3) is 0.857. The number of imide groups is 1. The Hall–Kier alpha value is -0.900. The summed E-state index contributed by atoms with van der Waals surface area (Å²) in [4.78, 5) is 26.7. The van der Waals surface area contributed by atoms with Gasteiger partial charge in [0.15, 0.2) is 0 Å². The Kier molecular flexibility index (Phi) is 2.93. The molecule has 3 fully saturated rings. The van der Waals surface area contributed by atoms with Gasteiger partial charge in [-0.3, -0.25) is 14.5 Å². The monoisotopic (exact) mass is 250 g/mol. The van der Waals surface area contributed by atoms with Gasteiger partial charge >= 0.3 is 0 Å². The molecule has 0 aromatic carbocycles. The molecule has 2 aliphatic heterocycles. The predicted octanol–water partition coefficient (Wildman–Crippen LogP) is 1.30. The number of piperidine rings is 1. The van der Waals surface area contributed by atoms with Crippen LogP contribution < -0.4 is 5.32 Å². The van der Waals surface area contributed by atoms with E-state index >= 15 is 0 Å². The molecule has 18 heavy (non-hydrogen) atoms. The van der Waals surface area contributed by atoms with Gasteiger partial charge in [-0.25, -0.2) is 0 Å². The van der Waals surface area contributed by atoms with E-state index in [1.807, 2.05) is 0 Å². The summed E-state index contributed by atoms with van der Waals surface area (Å²) in [6.07, 6.45) is 5.83. The molecule has 0 spiro atoms. The van der Waals surface area contributed by atoms with Gasteiger partial charge in [0.25, 0.3) is 0 Å². The number of hydrogen-bond acceptors (Lipinski definition) is 3. The highest BCUT2D eigenvalue weighted by atomic mass is 16.2. The maximum absolute atomic E-state index is 12.5. The largest absolute Gasteiger partial charge is 0.317 e. The minimum atomic E-state index is -0.239. The van der Waals surface area contributed by atoms with E-state index in [1.54, 1.807) is 4.90 Å². The molecule has 0 radical (unpaired) electrons. The lowest BCUT2D eigenvalue weighted by Gasteiger charge is -2.41. The first kappa shape index (κ1) is 12.2. The van der Waals surface area contributed by atoms with Crippen molar-refractivity contribution < 1.29 is 9.59 Å². The summed E-state index contributed by atoms with van der Waals surface area (Å²) in [7, 11) is 0. The lowest BCUT2D eigenvalue weighted by molar-refractivity contribution is -0.147. The summed E-state index contributed by atoms with van der Waals surface area (Å²) < 4.78 is 0. The van der Waals surface area contributed by atoms with E-state index < -0.39 is 0 Å². The maximum Gasteiger partial charge on any atom is 0.233 e. The van der Waals surface area contributed by atoms with Gasteiger partial charge in [-0.15, -0.1) is 0 Å². The number of rotatable bonds is 1. The van der Waals surface area contributed by atoms with E-state index in [4.69, 9.17) is 0 Å². The van der Waals surface area contributed by atoms with Crippen LogP contribution in [0.5, 0.6) is 0 Å². The molecule has 2 unspecified atom stereocenters. The van der Waals surface area contributed by atoms with Gasteiger partial charge < -0.3 is 5.32 Å². The minimum Gasteiger partial charge on any atom is -0.317 e. The van der Waals surface area contributed by atoms with Crippen LogP contribution in [0.3, 0.4) is 0 Å². The van der Waals surface area contributed by atoms with Crippen molar-refractivity contribution in [2.75, 3.05) is 13.1 Å². The van der Waals surface area contributed by atoms with E-state index in [2.05, 4.69) is 12.2 Å². The molecular weight excluding hydrogens is 228 g/mol. The van der Waals surface area contributed by atoms with Crippen LogP contribution in [0, 0.1) is 11.8 Å². The summed E-state index contributed by atoms with van der Waals surface area (Å²) in [5.41, 5.74) is -0.239. The molecule has 0 aromatic rings. The number of hydrogen-bond donors (Lipinski definition) is 1. The van der Waals surface area contributed by atoms with Crippen LogP contribution in [0.15, 0.2) is 0 Å². The molecular formula is C14H22N2O2. The molecule has 2 amide bonds. The van der Waals surface area contributed by atoms with Gasteiger partial charge in [0.05, 0.1) is 17.4 Å². The summed E-state index contributed by atoms with van der Waals surface area (Å²) in [5, 5.41) is 3.31. The zero-order chi connectivity index (χ0) is 12.8. The topological polar surface area (TPSA) is 49.4 Å². The Morgan fingerprint density at radius 1 is 1.06 bits per heavy atom. The molecule has 3 aliphatic rings. The molecule has 100 valence electrons. The lowest BCUT2D eigenvalue weighted by Crippen LogP contribution is -2.55. The Morgan fingerprint density at radius 2 is 1.56 bits per heavy atom. The van der Waals surface area contributed by atoms with Gasteiger partial charge in [0.1, 0.15) is 0 Å². The molecule has 1 N–H and O–H groups in total. The van der Waals surface area contributed by atoms with E-state index in [0.29, 0.717) is 0 Å². The van der Waals surface area contributed by atoms with Gasteiger partial charge in [0, 0.05) is 0 Å². The third-order valence-electron chi connectivity index (χ3n) is 5.06. The van der Waals surface area contributed by atoms with Crippen molar-refractivity contribution in [2.45, 2.75) is 51.0 Å². The molecule has 2 heterocycles. The van der Waals surface area contributed by atoms with Crippen molar-refractivity contribution in [1.82, 2.24) is 10.2 Å². The molecule has 4 nitrogen and oxygen atoms in total. The number of nitrogens with zero attached hydrogens (tertiary/aromatic N) is 1. The molecule has 1 saturated carbocycles. The number of nitrogens with one attached hydrogen (secondary N) is 1. The van der Waals surface area contributed by atoms with Crippen LogP contribution in [0.4, 0.5) is 0 Å². The van der Waals surface area contributed by atoms with Crippen molar-refractivity contribution >= 4 is 11.8 Å². The van der Waals surface area contributed by atoms with Gasteiger partial charge in [-0.1, -0.05) is 12.8 Å². The number of amides is 2. The third kappa shape index (κ3) is 1.69. The van der Waals surface area contributed by atoms with Crippen molar-refractivity contribution in [2.24, 2.45) is 11.8 Å². The average molecular weight is 250 g/mol. The molecule has 3 rings (SSSR count). The molecule has 1 aliphatic carbocycles. The quantitative estimate of drug-likeness (QED) is 0.714. The lowest BCUT2D eigenvalue weighted by atomic mass is 9.81. The minimum absolute atomic E-state index is 0.00189. The highest BCUT2D eigenvalue weighted by molar-refractivity contribution is 6.06. The van der Waals surface area contributed by atoms with Crippen LogP contribution in [0.1, 0.15) is 45.4 Å². The highest BCUT2D eigenvalue weighted by Gasteiger charge is 2.53. The third-order valence-corrected chi connectivity index (χ3v) is 5.06. The summed E-state index contributed by atoms with van der Waals surface area (Å²) >= 11 is 0. The number of fused-ring (bicyclic) bond motifs is 1. The zero-order valence-electron chi connectivity index (χ0n) is 11.1. The normalized spacial score (nSPS) is 35.7. The molecule has 4 heteroatoms. The van der Waals surface area contributed by atoms with E-state index in [9.17, 15) is 9.59 Å². The van der Waals surface area contributed by atoms with Crippen molar-refractivity contribution in [3.8, 4) is 0 Å². The average Bonchev–Trinajstić information content (AvgIpc) is 2.64. The van der Waals surface area contributed by atoms with Crippen LogP contribution in [-0.2, 0) is 9.59 Å². The van der Waals surface area contributed by atoms with Crippen molar-refractivity contribution in [1.29, 1.82) is 0 Å². The van der Waals surface area contributed by atoms with E-state index in [0.717, 1.165) is 51.6 Å². The van der Waals surface area contributed by atoms with Gasteiger partial charge in [0.2, 0.25) is 11.8 Å². The Bertz CT molecular complexity index is 350.